The van der Waals surface area contributed by atoms with Gasteiger partial charge < -0.3 is 15.7 Å². The fraction of sp³-hybridized carbons (Fsp3) is 0.357. The van der Waals surface area contributed by atoms with Gasteiger partial charge in [-0.2, -0.15) is 23.3 Å². The first-order chi connectivity index (χ1) is 19.4. The highest BCUT2D eigenvalue weighted by atomic mass is 32.2. The van der Waals surface area contributed by atoms with E-state index in [0.717, 1.165) is 17.0 Å². The number of carbonyl (C=O) groups is 2. The van der Waals surface area contributed by atoms with Crippen LogP contribution in [-0.2, 0) is 22.3 Å². The first kappa shape index (κ1) is 28.8. The summed E-state index contributed by atoms with van der Waals surface area (Å²) in [5.41, 5.74) is 6.72. The fourth-order valence-electron chi connectivity index (χ4n) is 5.25. The second-order valence-electron chi connectivity index (χ2n) is 10.3. The Bertz CT molecular complexity index is 1570. The number of primary amides is 1. The molecule has 0 unspecified atom stereocenters. The van der Waals surface area contributed by atoms with Gasteiger partial charge in [0.05, 0.1) is 41.9 Å². The van der Waals surface area contributed by atoms with Gasteiger partial charge in [-0.1, -0.05) is 23.8 Å². The number of aryl methyl sites for hydroxylation is 1. The molecule has 0 aliphatic carbocycles. The van der Waals surface area contributed by atoms with Crippen LogP contribution in [0.2, 0.25) is 0 Å². The van der Waals surface area contributed by atoms with Gasteiger partial charge in [0.2, 0.25) is 5.91 Å². The van der Waals surface area contributed by atoms with E-state index in [0.29, 0.717) is 34.1 Å². The summed E-state index contributed by atoms with van der Waals surface area (Å²) in [4.78, 5) is 32.5. The Labute approximate surface area is 238 Å². The first-order valence-electron chi connectivity index (χ1n) is 12.9. The summed E-state index contributed by atoms with van der Waals surface area (Å²) in [6.45, 7) is 2.04. The van der Waals surface area contributed by atoms with E-state index in [1.807, 2.05) is 22.9 Å². The Hall–Kier alpha value is -3.68. The summed E-state index contributed by atoms with van der Waals surface area (Å²) in [7, 11) is 1.83. The molecule has 2 amide bonds. The topological polar surface area (TPSA) is 117 Å². The van der Waals surface area contributed by atoms with Gasteiger partial charge >= 0.3 is 6.18 Å². The molecule has 0 saturated carbocycles. The molecule has 2 aromatic carbocycles. The number of hydrogen-bond donors (Lipinski definition) is 2. The normalized spacial score (nSPS) is 20.8. The quantitative estimate of drug-likeness (QED) is 0.409. The zero-order valence-corrected chi connectivity index (χ0v) is 23.2. The van der Waals surface area contributed by atoms with Crippen molar-refractivity contribution in [3.05, 3.63) is 69.8 Å². The van der Waals surface area contributed by atoms with Crippen LogP contribution in [0.25, 0.3) is 17.0 Å². The molecule has 216 valence electrons. The monoisotopic (exact) mass is 586 g/mol. The summed E-state index contributed by atoms with van der Waals surface area (Å²) < 4.78 is 42.3. The van der Waals surface area contributed by atoms with Gasteiger partial charge in [0.15, 0.2) is 5.17 Å². The Morgan fingerprint density at radius 3 is 2.76 bits per heavy atom. The molecule has 1 fully saturated rings. The highest BCUT2D eigenvalue weighted by molar-refractivity contribution is 8.18. The Balaban J connectivity index is 1.30. The van der Waals surface area contributed by atoms with Crippen LogP contribution >= 0.6 is 11.8 Å². The number of aromatic nitrogens is 2. The van der Waals surface area contributed by atoms with E-state index in [2.05, 4.69) is 10.1 Å². The number of amidine groups is 1. The summed E-state index contributed by atoms with van der Waals surface area (Å²) in [5, 5.41) is 15.3. The summed E-state index contributed by atoms with van der Waals surface area (Å²) in [6, 6.07) is 9.40. The average Bonchev–Trinajstić information content (AvgIpc) is 3.61. The first-order valence-corrected chi connectivity index (χ1v) is 13.8. The largest absolute Gasteiger partial charge is 0.416 e. The lowest BCUT2D eigenvalue weighted by atomic mass is 10.0. The minimum Gasteiger partial charge on any atom is -0.395 e. The van der Waals surface area contributed by atoms with E-state index in [9.17, 15) is 27.9 Å². The molecule has 1 saturated heterocycles. The molecule has 0 spiro atoms. The molecule has 0 bridgehead atoms. The lowest BCUT2D eigenvalue weighted by molar-refractivity contribution is -0.138. The van der Waals surface area contributed by atoms with Crippen LogP contribution in [0.5, 0.6) is 0 Å². The molecule has 1 aromatic heterocycles. The molecule has 2 aliphatic heterocycles. The third kappa shape index (κ3) is 6.16. The highest BCUT2D eigenvalue weighted by Crippen LogP contribution is 2.35. The zero-order valence-electron chi connectivity index (χ0n) is 22.4. The van der Waals surface area contributed by atoms with Crippen LogP contribution in [0.1, 0.15) is 28.7 Å². The maximum absolute atomic E-state index is 13.6. The number of halogens is 3. The Kier molecular flexibility index (Phi) is 7.95. The van der Waals surface area contributed by atoms with Crippen molar-refractivity contribution in [3.8, 4) is 0 Å². The number of alkyl halides is 3. The van der Waals surface area contributed by atoms with Gasteiger partial charge in [-0.25, -0.2) is 0 Å². The van der Waals surface area contributed by atoms with Gasteiger partial charge in [-0.05, 0) is 60.5 Å². The van der Waals surface area contributed by atoms with Crippen LogP contribution in [0.4, 0.5) is 13.2 Å². The van der Waals surface area contributed by atoms with Gasteiger partial charge in [0.25, 0.3) is 5.91 Å². The van der Waals surface area contributed by atoms with Crippen molar-refractivity contribution >= 4 is 45.7 Å². The Morgan fingerprint density at radius 2 is 2.05 bits per heavy atom. The van der Waals surface area contributed by atoms with Crippen molar-refractivity contribution in [1.29, 1.82) is 0 Å². The van der Waals surface area contributed by atoms with Crippen molar-refractivity contribution < 1.29 is 27.9 Å². The minimum absolute atomic E-state index is 0.0356. The van der Waals surface area contributed by atoms with Crippen LogP contribution in [0, 0.1) is 6.92 Å². The molecule has 9 nitrogen and oxygen atoms in total. The van der Waals surface area contributed by atoms with Crippen molar-refractivity contribution in [3.63, 3.8) is 0 Å². The van der Waals surface area contributed by atoms with E-state index < -0.39 is 17.6 Å². The van der Waals surface area contributed by atoms with Crippen LogP contribution in [-0.4, -0.2) is 80.5 Å². The molecule has 5 rings (SSSR count). The number of aliphatic imine (C=N–C) groups is 1. The summed E-state index contributed by atoms with van der Waals surface area (Å²) >= 11 is 1.24. The fourth-order valence-corrected chi connectivity index (χ4v) is 6.20. The van der Waals surface area contributed by atoms with Crippen molar-refractivity contribution in [2.75, 3.05) is 26.7 Å². The van der Waals surface area contributed by atoms with Gasteiger partial charge in [-0.15, -0.1) is 0 Å². The summed E-state index contributed by atoms with van der Waals surface area (Å²) in [6.07, 6.45) is -0.555. The van der Waals surface area contributed by atoms with E-state index in [1.54, 1.807) is 37.4 Å². The molecular formula is C28H29F3N6O3S. The van der Waals surface area contributed by atoms with Crippen molar-refractivity contribution in [2.45, 2.75) is 38.1 Å². The predicted molar refractivity (Wildman–Crippen MR) is 151 cm³/mol. The minimum atomic E-state index is -4.47. The molecule has 0 radical (unpaired) electrons. The number of nitrogens with two attached hydrogens (primary N) is 1. The van der Waals surface area contributed by atoms with E-state index in [1.165, 1.54) is 22.5 Å². The van der Waals surface area contributed by atoms with Crippen molar-refractivity contribution in [1.82, 2.24) is 19.6 Å². The number of thioether (sulfide) groups is 1. The number of benzene rings is 2. The second kappa shape index (κ2) is 11.3. The van der Waals surface area contributed by atoms with Gasteiger partial charge in [0.1, 0.15) is 0 Å². The number of hydrogen-bond acceptors (Lipinski definition) is 7. The van der Waals surface area contributed by atoms with E-state index in [4.69, 9.17) is 5.73 Å². The molecule has 3 heterocycles. The number of aliphatic hydroxyl groups is 1. The standard InChI is InChI=1S/C28H29F3N6O3S/c1-16-3-5-18(22(7-16)28(29,30)31)12-37-23-6-4-17(8-19(23)11-33-37)9-24-26(40)34-27(41-24)35(2)20-10-21(15-38)36(13-20)14-25(32)39/h3-9,11,20-21,38H,10,12-15H2,1-2H3,(H2,32,39)/b24-9-/t20-,21-/m0/s1. The maximum atomic E-state index is 13.6. The van der Waals surface area contributed by atoms with Crippen LogP contribution < -0.4 is 5.73 Å². The number of likely N-dealkylation sites (N-methyl/N-ethyl adjacent to an activating group) is 1. The smallest absolute Gasteiger partial charge is 0.395 e. The molecule has 13 heteroatoms. The third-order valence-corrected chi connectivity index (χ3v) is 8.46. The SMILES string of the molecule is Cc1ccc(Cn2ncc3cc(/C=C4\SC(N(C)[C@H]5C[C@@H](CO)N(CC(N)=O)C5)=NC4=O)ccc32)c(C(F)(F)F)c1. The number of amides is 2. The maximum Gasteiger partial charge on any atom is 0.416 e. The predicted octanol–water partition coefficient (Wildman–Crippen LogP) is 3.23. The number of nitrogens with zero attached hydrogens (tertiary/aromatic N) is 5. The van der Waals surface area contributed by atoms with Crippen LogP contribution in [0.15, 0.2) is 52.5 Å². The Morgan fingerprint density at radius 1 is 1.27 bits per heavy atom. The van der Waals surface area contributed by atoms with Crippen LogP contribution in [0.3, 0.4) is 0 Å². The number of fused-ring (bicyclic) bond motifs is 1. The van der Waals surface area contributed by atoms with E-state index >= 15 is 0 Å². The zero-order chi connectivity index (χ0) is 29.5. The van der Waals surface area contributed by atoms with Gasteiger partial charge in [0, 0.05) is 31.1 Å². The molecular weight excluding hydrogens is 557 g/mol. The number of aliphatic hydroxyl groups excluding tert-OH is 1. The average molecular weight is 587 g/mol. The second-order valence-corrected chi connectivity index (χ2v) is 11.3. The molecule has 2 aliphatic rings. The molecule has 3 aromatic rings. The highest BCUT2D eigenvalue weighted by Gasteiger charge is 2.37. The van der Waals surface area contributed by atoms with E-state index in [-0.39, 0.29) is 43.3 Å². The van der Waals surface area contributed by atoms with Gasteiger partial charge in [-0.3, -0.25) is 19.2 Å². The molecule has 2 atom stereocenters. The number of carbonyl (C=O) groups excluding carboxylic acids is 2. The van der Waals surface area contributed by atoms with Crippen molar-refractivity contribution in [2.24, 2.45) is 10.7 Å². The lowest BCUT2D eigenvalue weighted by Gasteiger charge is -2.25. The number of likely N-dealkylation sites (tertiary alicyclic amines) is 1. The molecule has 3 N–H and O–H groups in total. The summed E-state index contributed by atoms with van der Waals surface area (Å²) in [5.74, 6) is -0.846. The molecule has 41 heavy (non-hydrogen) atoms. The number of rotatable bonds is 7. The third-order valence-electron chi connectivity index (χ3n) is 7.39. The lowest BCUT2D eigenvalue weighted by Crippen LogP contribution is -2.41.